The molecular formula is C22H27ClO6S. The van der Waals surface area contributed by atoms with Crippen LogP contribution in [-0.2, 0) is 11.2 Å². The third-order valence-corrected chi connectivity index (χ3v) is 6.40. The van der Waals surface area contributed by atoms with Crippen LogP contribution >= 0.6 is 23.4 Å². The van der Waals surface area contributed by atoms with Crippen LogP contribution in [0.25, 0.3) is 0 Å². The zero-order chi connectivity index (χ0) is 21.8. The van der Waals surface area contributed by atoms with Gasteiger partial charge in [-0.1, -0.05) is 29.8 Å². The third-order valence-electron chi connectivity index (χ3n) is 5.12. The molecule has 1 aliphatic rings. The molecule has 0 amide bonds. The van der Waals surface area contributed by atoms with E-state index < -0.39 is 29.9 Å². The number of thioether (sulfide) groups is 1. The average molecular weight is 455 g/mol. The summed E-state index contributed by atoms with van der Waals surface area (Å²) in [6.45, 7) is 2.54. The monoisotopic (exact) mass is 454 g/mol. The molecular weight excluding hydrogens is 428 g/mol. The molecule has 0 saturated carbocycles. The minimum atomic E-state index is -1.32. The summed E-state index contributed by atoms with van der Waals surface area (Å²) in [6.07, 6.45) is -2.30. The van der Waals surface area contributed by atoms with Gasteiger partial charge in [0.2, 0.25) is 0 Å². The predicted octanol–water partition coefficient (Wildman–Crippen LogP) is 3.18. The SMILES string of the molecule is CCOc1ccc(Cc2cc(C3OC(SC)C(O)C(O)C3O)cc(OC)c2Cl)cc1. The molecule has 0 aromatic heterocycles. The topological polar surface area (TPSA) is 88.4 Å². The highest BCUT2D eigenvalue weighted by atomic mass is 35.5. The summed E-state index contributed by atoms with van der Waals surface area (Å²) in [4.78, 5) is 0. The summed E-state index contributed by atoms with van der Waals surface area (Å²) in [5, 5.41) is 31.4. The normalized spacial score (nSPS) is 26.4. The third kappa shape index (κ3) is 4.88. The fourth-order valence-electron chi connectivity index (χ4n) is 3.53. The van der Waals surface area contributed by atoms with Gasteiger partial charge in [-0.05, 0) is 54.5 Å². The molecule has 3 N–H and O–H groups in total. The molecule has 8 heteroatoms. The first-order chi connectivity index (χ1) is 14.4. The van der Waals surface area contributed by atoms with Crippen molar-refractivity contribution in [2.24, 2.45) is 0 Å². The Kier molecular flexibility index (Phi) is 7.90. The van der Waals surface area contributed by atoms with Crippen LogP contribution in [0.3, 0.4) is 0 Å². The zero-order valence-electron chi connectivity index (χ0n) is 17.1. The number of benzene rings is 2. The molecule has 5 atom stereocenters. The molecule has 1 saturated heterocycles. The highest BCUT2D eigenvalue weighted by Gasteiger charge is 2.44. The summed E-state index contributed by atoms with van der Waals surface area (Å²) in [7, 11) is 1.52. The Morgan fingerprint density at radius 2 is 1.77 bits per heavy atom. The Balaban J connectivity index is 1.93. The van der Waals surface area contributed by atoms with E-state index in [2.05, 4.69) is 0 Å². The molecule has 1 heterocycles. The number of rotatable bonds is 7. The minimum absolute atomic E-state index is 0.451. The second-order valence-corrected chi connectivity index (χ2v) is 8.40. The second-order valence-electron chi connectivity index (χ2n) is 7.08. The van der Waals surface area contributed by atoms with Crippen LogP contribution < -0.4 is 9.47 Å². The molecule has 0 spiro atoms. The Labute approximate surface area is 185 Å². The van der Waals surface area contributed by atoms with E-state index in [-0.39, 0.29) is 0 Å². The summed E-state index contributed by atoms with van der Waals surface area (Å²) in [5.74, 6) is 1.25. The number of ether oxygens (including phenoxy) is 3. The highest BCUT2D eigenvalue weighted by Crippen LogP contribution is 2.40. The Hall–Kier alpha value is -1.48. The van der Waals surface area contributed by atoms with Gasteiger partial charge in [-0.15, -0.1) is 11.8 Å². The summed E-state index contributed by atoms with van der Waals surface area (Å²) >= 11 is 7.82. The van der Waals surface area contributed by atoms with Crippen LogP contribution in [0.15, 0.2) is 36.4 Å². The molecule has 1 aliphatic heterocycles. The van der Waals surface area contributed by atoms with Gasteiger partial charge in [0.15, 0.2) is 0 Å². The number of hydrogen-bond acceptors (Lipinski definition) is 7. The number of halogens is 1. The Morgan fingerprint density at radius 3 is 2.37 bits per heavy atom. The fraction of sp³-hybridized carbons (Fsp3) is 0.455. The summed E-state index contributed by atoms with van der Waals surface area (Å²) < 4.78 is 16.8. The van der Waals surface area contributed by atoms with Gasteiger partial charge in [-0.2, -0.15) is 0 Å². The first kappa shape index (κ1) is 23.2. The maximum atomic E-state index is 10.5. The van der Waals surface area contributed by atoms with Gasteiger partial charge >= 0.3 is 0 Å². The maximum absolute atomic E-state index is 10.5. The van der Waals surface area contributed by atoms with Crippen molar-refractivity contribution in [1.29, 1.82) is 0 Å². The minimum Gasteiger partial charge on any atom is -0.495 e. The summed E-state index contributed by atoms with van der Waals surface area (Å²) in [5.41, 5.74) is 1.79. The van der Waals surface area contributed by atoms with E-state index in [4.69, 9.17) is 25.8 Å². The molecule has 2 aromatic carbocycles. The lowest BCUT2D eigenvalue weighted by Gasteiger charge is -2.40. The molecule has 5 unspecified atom stereocenters. The van der Waals surface area contributed by atoms with E-state index in [1.165, 1.54) is 18.9 Å². The van der Waals surface area contributed by atoms with E-state index in [1.54, 1.807) is 12.3 Å². The first-order valence-electron chi connectivity index (χ1n) is 9.70. The first-order valence-corrected chi connectivity index (χ1v) is 11.4. The maximum Gasteiger partial charge on any atom is 0.138 e. The van der Waals surface area contributed by atoms with Crippen LogP contribution in [0.5, 0.6) is 11.5 Å². The molecule has 1 fully saturated rings. The molecule has 164 valence electrons. The summed E-state index contributed by atoms with van der Waals surface area (Å²) in [6, 6.07) is 11.3. The van der Waals surface area contributed by atoms with Gasteiger partial charge in [-0.3, -0.25) is 0 Å². The van der Waals surface area contributed by atoms with E-state index >= 15 is 0 Å². The number of aliphatic hydroxyl groups is 3. The van der Waals surface area contributed by atoms with Crippen molar-refractivity contribution < 1.29 is 29.5 Å². The van der Waals surface area contributed by atoms with E-state index in [1.807, 2.05) is 37.3 Å². The number of hydrogen-bond donors (Lipinski definition) is 3. The van der Waals surface area contributed by atoms with E-state index in [0.29, 0.717) is 29.4 Å². The second kappa shape index (κ2) is 10.2. The van der Waals surface area contributed by atoms with Crippen LogP contribution in [0.4, 0.5) is 0 Å². The predicted molar refractivity (Wildman–Crippen MR) is 118 cm³/mol. The highest BCUT2D eigenvalue weighted by molar-refractivity contribution is 7.99. The Bertz CT molecular complexity index is 844. The van der Waals surface area contributed by atoms with E-state index in [9.17, 15) is 15.3 Å². The molecule has 30 heavy (non-hydrogen) atoms. The van der Waals surface area contributed by atoms with Crippen LogP contribution in [-0.4, -0.2) is 59.0 Å². The standard InChI is InChI=1S/C22H27ClO6S/c1-4-28-15-7-5-12(6-8-15)9-13-10-14(11-16(27-2)17(13)23)21-19(25)18(24)20(26)22(29-21)30-3/h5-8,10-11,18-22,24-26H,4,9H2,1-3H3. The number of methoxy groups -OCH3 is 1. The van der Waals surface area contributed by atoms with Crippen LogP contribution in [0.2, 0.25) is 5.02 Å². The Morgan fingerprint density at radius 1 is 1.07 bits per heavy atom. The van der Waals surface area contributed by atoms with Gasteiger partial charge < -0.3 is 29.5 Å². The smallest absolute Gasteiger partial charge is 0.138 e. The van der Waals surface area contributed by atoms with Gasteiger partial charge in [0.25, 0.3) is 0 Å². The lowest BCUT2D eigenvalue weighted by atomic mass is 9.92. The van der Waals surface area contributed by atoms with E-state index in [0.717, 1.165) is 16.9 Å². The van der Waals surface area contributed by atoms with Crippen LogP contribution in [0.1, 0.15) is 29.7 Å². The van der Waals surface area contributed by atoms with Crippen molar-refractivity contribution in [2.75, 3.05) is 20.0 Å². The van der Waals surface area contributed by atoms with Crippen molar-refractivity contribution in [2.45, 2.75) is 43.2 Å². The average Bonchev–Trinajstić information content (AvgIpc) is 2.75. The van der Waals surface area contributed by atoms with Crippen molar-refractivity contribution >= 4 is 23.4 Å². The number of aliphatic hydroxyl groups excluding tert-OH is 3. The largest absolute Gasteiger partial charge is 0.495 e. The zero-order valence-corrected chi connectivity index (χ0v) is 18.7. The lowest BCUT2D eigenvalue weighted by Crippen LogP contribution is -2.52. The quantitative estimate of drug-likeness (QED) is 0.592. The molecule has 0 radical (unpaired) electrons. The van der Waals surface area contributed by atoms with Gasteiger partial charge in [0, 0.05) is 0 Å². The molecule has 0 aliphatic carbocycles. The van der Waals surface area contributed by atoms with Gasteiger partial charge in [0.1, 0.15) is 41.4 Å². The van der Waals surface area contributed by atoms with Crippen molar-refractivity contribution in [3.8, 4) is 11.5 Å². The van der Waals surface area contributed by atoms with Crippen LogP contribution in [0, 0.1) is 0 Å². The molecule has 3 rings (SSSR count). The van der Waals surface area contributed by atoms with Crippen molar-refractivity contribution in [3.63, 3.8) is 0 Å². The molecule has 2 aromatic rings. The lowest BCUT2D eigenvalue weighted by molar-refractivity contribution is -0.200. The van der Waals surface area contributed by atoms with Gasteiger partial charge in [-0.25, -0.2) is 0 Å². The van der Waals surface area contributed by atoms with Gasteiger partial charge in [0.05, 0.1) is 18.7 Å². The molecule has 0 bridgehead atoms. The van der Waals surface area contributed by atoms with Crippen molar-refractivity contribution in [1.82, 2.24) is 0 Å². The molecule has 6 nitrogen and oxygen atoms in total. The van der Waals surface area contributed by atoms with Crippen molar-refractivity contribution in [3.05, 3.63) is 58.1 Å². The fourth-order valence-corrected chi connectivity index (χ4v) is 4.45.